The number of fused-ring (bicyclic) bond motifs is 1. The van der Waals surface area contributed by atoms with Crippen molar-refractivity contribution in [3.63, 3.8) is 0 Å². The van der Waals surface area contributed by atoms with E-state index in [1.807, 2.05) is 17.0 Å². The average molecular weight is 217 g/mol. The molecule has 1 amide bonds. The van der Waals surface area contributed by atoms with Crippen LogP contribution in [0.4, 0.5) is 5.69 Å². The minimum absolute atomic E-state index is 0.265. The van der Waals surface area contributed by atoms with Crippen LogP contribution in [0.2, 0.25) is 0 Å². The molecule has 0 fully saturated rings. The van der Waals surface area contributed by atoms with Crippen LogP contribution in [0.15, 0.2) is 24.3 Å². The third-order valence-corrected chi connectivity index (χ3v) is 3.32. The summed E-state index contributed by atoms with van der Waals surface area (Å²) in [5, 5.41) is 0. The van der Waals surface area contributed by atoms with Crippen LogP contribution in [-0.2, 0) is 11.2 Å². The maximum atomic E-state index is 12.0. The van der Waals surface area contributed by atoms with Crippen molar-refractivity contribution >= 4 is 11.6 Å². The van der Waals surface area contributed by atoms with Crippen molar-refractivity contribution in [3.8, 4) is 0 Å². The monoisotopic (exact) mass is 217 g/mol. The Morgan fingerprint density at radius 3 is 2.75 bits per heavy atom. The van der Waals surface area contributed by atoms with E-state index in [0.717, 1.165) is 24.9 Å². The molecule has 0 bridgehead atoms. The van der Waals surface area contributed by atoms with Crippen molar-refractivity contribution in [2.24, 2.45) is 0 Å². The van der Waals surface area contributed by atoms with Gasteiger partial charge in [0.15, 0.2) is 0 Å². The molecule has 0 aliphatic carbocycles. The zero-order valence-electron chi connectivity index (χ0n) is 10.1. The summed E-state index contributed by atoms with van der Waals surface area (Å²) in [4.78, 5) is 14.0. The van der Waals surface area contributed by atoms with E-state index in [9.17, 15) is 4.79 Å². The number of para-hydroxylation sites is 1. The summed E-state index contributed by atoms with van der Waals surface area (Å²) in [6.45, 7) is 4.34. The molecule has 2 rings (SSSR count). The number of carbonyl (C=O) groups is 1. The van der Waals surface area contributed by atoms with Crippen molar-refractivity contribution < 1.29 is 4.79 Å². The fraction of sp³-hybridized carbons (Fsp3) is 0.500. The number of carbonyl (C=O) groups excluding carboxylic acids is 1. The average Bonchev–Trinajstić information content (AvgIpc) is 2.62. The summed E-state index contributed by atoms with van der Waals surface area (Å²) in [7, 11) is 0. The molecule has 1 unspecified atom stereocenters. The Hall–Kier alpha value is -1.31. The minimum Gasteiger partial charge on any atom is -0.309 e. The predicted molar refractivity (Wildman–Crippen MR) is 66.6 cm³/mol. The Kier molecular flexibility index (Phi) is 3.28. The largest absolute Gasteiger partial charge is 0.309 e. The first-order chi connectivity index (χ1) is 7.77. The van der Waals surface area contributed by atoms with Crippen molar-refractivity contribution in [3.05, 3.63) is 29.8 Å². The van der Waals surface area contributed by atoms with E-state index in [1.54, 1.807) is 0 Å². The molecule has 1 atom stereocenters. The molecule has 1 aromatic rings. The molecule has 1 aliphatic heterocycles. The van der Waals surface area contributed by atoms with Crippen LogP contribution >= 0.6 is 0 Å². The molecule has 0 N–H and O–H groups in total. The molecular formula is C14H19NO. The van der Waals surface area contributed by atoms with Gasteiger partial charge in [0.2, 0.25) is 5.91 Å². The number of amides is 1. The van der Waals surface area contributed by atoms with Crippen LogP contribution in [0.25, 0.3) is 0 Å². The summed E-state index contributed by atoms with van der Waals surface area (Å²) in [6, 6.07) is 8.53. The van der Waals surface area contributed by atoms with Gasteiger partial charge in [-0.25, -0.2) is 0 Å². The van der Waals surface area contributed by atoms with Crippen LogP contribution in [0.5, 0.6) is 0 Å². The van der Waals surface area contributed by atoms with Gasteiger partial charge in [0.1, 0.15) is 0 Å². The Labute approximate surface area is 97.3 Å². The molecule has 0 saturated carbocycles. The second kappa shape index (κ2) is 4.69. The lowest BCUT2D eigenvalue weighted by Gasteiger charge is -2.27. The first kappa shape index (κ1) is 11.2. The van der Waals surface area contributed by atoms with Gasteiger partial charge >= 0.3 is 0 Å². The van der Waals surface area contributed by atoms with Crippen LogP contribution < -0.4 is 4.90 Å². The Morgan fingerprint density at radius 2 is 2.06 bits per heavy atom. The highest BCUT2D eigenvalue weighted by molar-refractivity contribution is 6.01. The first-order valence-corrected chi connectivity index (χ1v) is 6.17. The van der Waals surface area contributed by atoms with Gasteiger partial charge in [-0.3, -0.25) is 4.79 Å². The quantitative estimate of drug-likeness (QED) is 0.758. The predicted octanol–water partition coefficient (Wildman–Crippen LogP) is 3.15. The molecule has 1 aliphatic rings. The van der Waals surface area contributed by atoms with E-state index < -0.39 is 0 Å². The number of nitrogens with zero attached hydrogens (tertiary/aromatic N) is 1. The van der Waals surface area contributed by atoms with Crippen molar-refractivity contribution in [1.29, 1.82) is 0 Å². The van der Waals surface area contributed by atoms with E-state index in [1.165, 1.54) is 5.56 Å². The van der Waals surface area contributed by atoms with E-state index >= 15 is 0 Å². The van der Waals surface area contributed by atoms with Gasteiger partial charge < -0.3 is 4.90 Å². The zero-order valence-corrected chi connectivity index (χ0v) is 10.1. The van der Waals surface area contributed by atoms with Crippen molar-refractivity contribution in [1.82, 2.24) is 0 Å². The van der Waals surface area contributed by atoms with E-state index in [-0.39, 0.29) is 5.91 Å². The van der Waals surface area contributed by atoms with Gasteiger partial charge in [0.05, 0.1) is 6.42 Å². The fourth-order valence-electron chi connectivity index (χ4n) is 2.53. The maximum Gasteiger partial charge on any atom is 0.231 e. The van der Waals surface area contributed by atoms with Gasteiger partial charge in [0, 0.05) is 11.7 Å². The molecule has 0 saturated heterocycles. The lowest BCUT2D eigenvalue weighted by Crippen LogP contribution is -2.37. The molecule has 0 radical (unpaired) electrons. The number of anilines is 1. The summed E-state index contributed by atoms with van der Waals surface area (Å²) in [5.41, 5.74) is 2.31. The SMILES string of the molecule is CCCC(CC)N1C(=O)Cc2ccccc21. The summed E-state index contributed by atoms with van der Waals surface area (Å²) in [6.07, 6.45) is 3.84. The van der Waals surface area contributed by atoms with Crippen LogP contribution in [-0.4, -0.2) is 11.9 Å². The topological polar surface area (TPSA) is 20.3 Å². The standard InChI is InChI=1S/C14H19NO/c1-3-7-12(4-2)15-13-9-6-5-8-11(13)10-14(15)16/h5-6,8-9,12H,3-4,7,10H2,1-2H3. The second-order valence-corrected chi connectivity index (χ2v) is 4.42. The van der Waals surface area contributed by atoms with Gasteiger partial charge in [-0.2, -0.15) is 0 Å². The molecule has 2 nitrogen and oxygen atoms in total. The summed E-state index contributed by atoms with van der Waals surface area (Å²) >= 11 is 0. The molecule has 16 heavy (non-hydrogen) atoms. The maximum absolute atomic E-state index is 12.0. The molecule has 0 spiro atoms. The normalized spacial score (nSPS) is 16.4. The smallest absolute Gasteiger partial charge is 0.231 e. The highest BCUT2D eigenvalue weighted by Crippen LogP contribution is 2.32. The van der Waals surface area contributed by atoms with Crippen LogP contribution in [0.3, 0.4) is 0 Å². The molecule has 1 aromatic carbocycles. The van der Waals surface area contributed by atoms with E-state index in [4.69, 9.17) is 0 Å². The number of rotatable bonds is 4. The van der Waals surface area contributed by atoms with Crippen LogP contribution in [0, 0.1) is 0 Å². The lowest BCUT2D eigenvalue weighted by atomic mass is 10.1. The molecule has 1 heterocycles. The minimum atomic E-state index is 0.265. The van der Waals surface area contributed by atoms with Gasteiger partial charge in [-0.1, -0.05) is 38.5 Å². The summed E-state index contributed by atoms with van der Waals surface area (Å²) < 4.78 is 0. The number of benzene rings is 1. The number of hydrogen-bond acceptors (Lipinski definition) is 1. The first-order valence-electron chi connectivity index (χ1n) is 6.17. The Balaban J connectivity index is 2.30. The van der Waals surface area contributed by atoms with E-state index in [2.05, 4.69) is 26.0 Å². The Bertz CT molecular complexity index is 386. The molecular weight excluding hydrogens is 198 g/mol. The third kappa shape index (κ3) is 1.84. The second-order valence-electron chi connectivity index (χ2n) is 4.42. The molecule has 2 heteroatoms. The van der Waals surface area contributed by atoms with E-state index in [0.29, 0.717) is 12.5 Å². The fourth-order valence-corrected chi connectivity index (χ4v) is 2.53. The number of hydrogen-bond donors (Lipinski definition) is 0. The van der Waals surface area contributed by atoms with Crippen LogP contribution in [0.1, 0.15) is 38.7 Å². The van der Waals surface area contributed by atoms with Gasteiger partial charge in [-0.05, 0) is 24.5 Å². The highest BCUT2D eigenvalue weighted by atomic mass is 16.2. The highest BCUT2D eigenvalue weighted by Gasteiger charge is 2.31. The summed E-state index contributed by atoms with van der Waals surface area (Å²) in [5.74, 6) is 0.265. The zero-order chi connectivity index (χ0) is 11.5. The van der Waals surface area contributed by atoms with Crippen molar-refractivity contribution in [2.75, 3.05) is 4.90 Å². The van der Waals surface area contributed by atoms with Crippen molar-refractivity contribution in [2.45, 2.75) is 45.6 Å². The van der Waals surface area contributed by atoms with Gasteiger partial charge in [-0.15, -0.1) is 0 Å². The third-order valence-electron chi connectivity index (χ3n) is 3.32. The Morgan fingerprint density at radius 1 is 1.31 bits per heavy atom. The molecule has 86 valence electrons. The molecule has 0 aromatic heterocycles. The van der Waals surface area contributed by atoms with Gasteiger partial charge in [0.25, 0.3) is 0 Å². The lowest BCUT2D eigenvalue weighted by molar-refractivity contribution is -0.117.